The Labute approximate surface area is 188 Å². The Morgan fingerprint density at radius 1 is 1.19 bits per heavy atom. The molecule has 1 aromatic rings. The number of amides is 1. The fraction of sp³-hybridized carbons (Fsp3) is 0.818. The molecule has 9 heteroatoms. The molecule has 0 radical (unpaired) electrons. The average Bonchev–Trinajstić information content (AvgIpc) is 2.98. The topological polar surface area (TPSA) is 75.1 Å². The highest BCUT2D eigenvalue weighted by Crippen LogP contribution is 2.37. The van der Waals surface area contributed by atoms with Crippen LogP contribution in [-0.2, 0) is 21.1 Å². The molecule has 1 amide bonds. The summed E-state index contributed by atoms with van der Waals surface area (Å²) >= 11 is 0. The van der Waals surface area contributed by atoms with Crippen molar-refractivity contribution in [2.75, 3.05) is 13.6 Å². The van der Waals surface area contributed by atoms with Crippen molar-refractivity contribution in [3.63, 3.8) is 0 Å². The van der Waals surface area contributed by atoms with Crippen molar-refractivity contribution in [2.24, 2.45) is 7.05 Å². The first kappa shape index (κ1) is 27.3. The molecule has 0 N–H and O–H groups in total. The zero-order valence-corrected chi connectivity index (χ0v) is 21.7. The van der Waals surface area contributed by atoms with Crippen LogP contribution in [0.2, 0.25) is 0 Å². The van der Waals surface area contributed by atoms with Gasteiger partial charge in [0.15, 0.2) is 0 Å². The molecule has 0 spiro atoms. The van der Waals surface area contributed by atoms with E-state index < -0.39 is 23.9 Å². The Kier molecular flexibility index (Phi) is 8.64. The minimum absolute atomic E-state index is 0.288. The summed E-state index contributed by atoms with van der Waals surface area (Å²) in [7, 11) is 2.94. The van der Waals surface area contributed by atoms with E-state index in [0.29, 0.717) is 12.4 Å². The number of nitrogens with zero attached hydrogens (tertiary/aromatic N) is 3. The van der Waals surface area contributed by atoms with Crippen molar-refractivity contribution in [1.82, 2.24) is 14.7 Å². The summed E-state index contributed by atoms with van der Waals surface area (Å²) in [5.74, 6) is 0.575. The van der Waals surface area contributed by atoms with Crippen LogP contribution in [0.3, 0.4) is 0 Å². The van der Waals surface area contributed by atoms with Crippen molar-refractivity contribution < 1.29 is 23.6 Å². The van der Waals surface area contributed by atoms with Crippen LogP contribution in [-0.4, -0.2) is 64.4 Å². The lowest BCUT2D eigenvalue weighted by atomic mass is 9.79. The molecule has 1 aliphatic heterocycles. The molecule has 0 bridgehead atoms. The fourth-order valence-electron chi connectivity index (χ4n) is 3.05. The lowest BCUT2D eigenvalue weighted by molar-refractivity contribution is 0.00578. The molecule has 2 rings (SSSR count). The smallest absolute Gasteiger partial charge is 0.473 e. The van der Waals surface area contributed by atoms with Gasteiger partial charge in [0.05, 0.1) is 28.9 Å². The largest absolute Gasteiger partial charge is 0.502 e. The van der Waals surface area contributed by atoms with Crippen LogP contribution >= 0.6 is 0 Å². The van der Waals surface area contributed by atoms with E-state index in [0.717, 1.165) is 11.2 Å². The van der Waals surface area contributed by atoms with Crippen LogP contribution in [0, 0.1) is 6.92 Å². The number of hydrogen-bond acceptors (Lipinski definition) is 6. The Morgan fingerprint density at radius 2 is 1.68 bits per heavy atom. The molecule has 31 heavy (non-hydrogen) atoms. The van der Waals surface area contributed by atoms with Crippen molar-refractivity contribution in [2.45, 2.75) is 99.1 Å². The van der Waals surface area contributed by atoms with E-state index >= 15 is 0 Å². The van der Waals surface area contributed by atoms with E-state index in [-0.39, 0.29) is 12.2 Å². The summed E-state index contributed by atoms with van der Waals surface area (Å²) in [6.07, 6.45) is -0.677. The molecule has 178 valence electrons. The van der Waals surface area contributed by atoms with Crippen LogP contribution in [0.5, 0.6) is 5.88 Å². The second kappa shape index (κ2) is 9.82. The molecule has 1 aromatic heterocycles. The normalized spacial score (nSPS) is 18.2. The lowest BCUT2D eigenvalue weighted by Gasteiger charge is -2.32. The molecule has 2 heterocycles. The molecule has 0 saturated carbocycles. The molecule has 0 aromatic carbocycles. The fourth-order valence-corrected chi connectivity index (χ4v) is 3.05. The highest BCUT2D eigenvalue weighted by Gasteiger charge is 2.53. The Morgan fingerprint density at radius 3 is 2.13 bits per heavy atom. The van der Waals surface area contributed by atoms with E-state index in [1.165, 1.54) is 4.90 Å². The lowest BCUT2D eigenvalue weighted by Crippen LogP contribution is -2.41. The maximum absolute atomic E-state index is 12.2. The van der Waals surface area contributed by atoms with Gasteiger partial charge in [0, 0.05) is 14.1 Å². The van der Waals surface area contributed by atoms with Crippen molar-refractivity contribution >= 4 is 18.7 Å². The summed E-state index contributed by atoms with van der Waals surface area (Å²) in [6, 6.07) is 0. The number of likely N-dealkylation sites (N-methyl/N-ethyl adjacent to an activating group) is 1. The monoisotopic (exact) mass is 439 g/mol. The number of hydrogen-bond donors (Lipinski definition) is 0. The van der Waals surface area contributed by atoms with E-state index in [1.54, 1.807) is 11.7 Å². The number of carbonyl (C=O) groups is 1. The van der Waals surface area contributed by atoms with Gasteiger partial charge in [0.1, 0.15) is 11.7 Å². The van der Waals surface area contributed by atoms with Crippen molar-refractivity contribution in [1.29, 1.82) is 0 Å². The first-order valence-electron chi connectivity index (χ1n) is 11.0. The van der Waals surface area contributed by atoms with Crippen molar-refractivity contribution in [3.8, 4) is 5.88 Å². The summed E-state index contributed by atoms with van der Waals surface area (Å²) in [5.41, 5.74) is 0.101. The van der Waals surface area contributed by atoms with Gasteiger partial charge >= 0.3 is 13.2 Å². The molecular weight excluding hydrogens is 397 g/mol. The number of aryl methyl sites for hydroxylation is 2. The summed E-state index contributed by atoms with van der Waals surface area (Å²) in [4.78, 5) is 13.7. The Balaban J connectivity index is 0.00000233. The summed E-state index contributed by atoms with van der Waals surface area (Å²) in [5, 5.41) is 4.49. The molecule has 8 nitrogen and oxygen atoms in total. The SMILES string of the molecule is CC.Cc1nn(C)c(OC(C)CN(C)C(=O)OC(C)(C)C)c1B1OC(C)(C)C(C)(C)O1. The van der Waals surface area contributed by atoms with Gasteiger partial charge < -0.3 is 23.7 Å². The van der Waals surface area contributed by atoms with Gasteiger partial charge in [-0.3, -0.25) is 0 Å². The van der Waals surface area contributed by atoms with Crippen LogP contribution in [0.15, 0.2) is 0 Å². The average molecular weight is 439 g/mol. The standard InChI is InChI=1S/C20H36BN3O5.C2H6/c1-13(12-23(10)17(25)27-18(3,4)5)26-16-15(14(2)22-24(16)11)21-28-19(6,7)20(8,9)29-21;1-2/h13H,12H2,1-11H3;1-2H3. The molecule has 1 atom stereocenters. The second-order valence-electron chi connectivity index (χ2n) is 9.81. The maximum Gasteiger partial charge on any atom is 0.502 e. The number of carbonyl (C=O) groups excluding carboxylic acids is 1. The van der Waals surface area contributed by atoms with Gasteiger partial charge in [0.2, 0.25) is 5.88 Å². The minimum atomic E-state index is -0.570. The highest BCUT2D eigenvalue weighted by atomic mass is 16.7. The van der Waals surface area contributed by atoms with E-state index in [9.17, 15) is 4.79 Å². The third-order valence-electron chi connectivity index (χ3n) is 5.25. The third-order valence-corrected chi connectivity index (χ3v) is 5.25. The van der Waals surface area contributed by atoms with Gasteiger partial charge in [0.25, 0.3) is 0 Å². The minimum Gasteiger partial charge on any atom is -0.473 e. The van der Waals surface area contributed by atoms with Crippen LogP contribution in [0.4, 0.5) is 4.79 Å². The van der Waals surface area contributed by atoms with Crippen LogP contribution < -0.4 is 10.2 Å². The molecule has 1 unspecified atom stereocenters. The second-order valence-corrected chi connectivity index (χ2v) is 9.81. The molecular formula is C22H42BN3O5. The highest BCUT2D eigenvalue weighted by molar-refractivity contribution is 6.63. The number of aromatic nitrogens is 2. The molecule has 1 fully saturated rings. The zero-order chi connectivity index (χ0) is 24.4. The molecule has 1 saturated heterocycles. The Bertz CT molecular complexity index is 739. The maximum atomic E-state index is 12.2. The molecule has 0 aliphatic carbocycles. The number of rotatable bonds is 5. The summed E-state index contributed by atoms with van der Waals surface area (Å²) < 4.78 is 25.7. The first-order chi connectivity index (χ1) is 14.0. The summed E-state index contributed by atoms with van der Waals surface area (Å²) in [6.45, 7) is 21.7. The number of ether oxygens (including phenoxy) is 2. The van der Waals surface area contributed by atoms with Crippen molar-refractivity contribution in [3.05, 3.63) is 5.69 Å². The van der Waals surface area contributed by atoms with E-state index in [4.69, 9.17) is 18.8 Å². The van der Waals surface area contributed by atoms with Gasteiger partial charge in [-0.2, -0.15) is 5.10 Å². The first-order valence-corrected chi connectivity index (χ1v) is 11.0. The van der Waals surface area contributed by atoms with E-state index in [2.05, 4.69) is 5.10 Å². The quantitative estimate of drug-likeness (QED) is 0.652. The predicted octanol–water partition coefficient (Wildman–Crippen LogP) is 3.69. The Hall–Kier alpha value is -1.74. The van der Waals surface area contributed by atoms with Crippen LogP contribution in [0.25, 0.3) is 0 Å². The van der Waals surface area contributed by atoms with Gasteiger partial charge in [-0.25, -0.2) is 9.48 Å². The van der Waals surface area contributed by atoms with E-state index in [1.807, 2.05) is 83.2 Å². The zero-order valence-electron chi connectivity index (χ0n) is 21.7. The third kappa shape index (κ3) is 6.62. The predicted molar refractivity (Wildman–Crippen MR) is 124 cm³/mol. The van der Waals surface area contributed by atoms with Crippen LogP contribution in [0.1, 0.15) is 74.9 Å². The van der Waals surface area contributed by atoms with Gasteiger partial charge in [-0.05, 0) is 62.3 Å². The molecule has 1 aliphatic rings. The van der Waals surface area contributed by atoms with Gasteiger partial charge in [-0.15, -0.1) is 0 Å². The van der Waals surface area contributed by atoms with Gasteiger partial charge in [-0.1, -0.05) is 13.8 Å².